The lowest BCUT2D eigenvalue weighted by Crippen LogP contribution is -2.04. The molecular weight excluding hydrogens is 135 g/mol. The first kappa shape index (κ1) is 7.51. The van der Waals surface area contributed by atoms with Gasteiger partial charge in [0.1, 0.15) is 6.17 Å². The average molecular weight is 146 g/mol. The fraction of sp³-hybridized carbons (Fsp3) is 0.857. The van der Waals surface area contributed by atoms with Gasteiger partial charge < -0.3 is 5.11 Å². The van der Waals surface area contributed by atoms with Crippen LogP contribution in [0.3, 0.4) is 0 Å². The van der Waals surface area contributed by atoms with Gasteiger partial charge in [-0.15, -0.1) is 0 Å². The van der Waals surface area contributed by atoms with Gasteiger partial charge in [-0.3, -0.25) is 4.79 Å². The van der Waals surface area contributed by atoms with Gasteiger partial charge in [0.15, 0.2) is 0 Å². The van der Waals surface area contributed by atoms with E-state index in [1.54, 1.807) is 0 Å². The SMILES string of the molecule is O=C(O)C[C@H]1CC[C@H](F)C1. The number of hydrogen-bond acceptors (Lipinski definition) is 1. The summed E-state index contributed by atoms with van der Waals surface area (Å²) in [5, 5.41) is 8.34. The second kappa shape index (κ2) is 2.99. The van der Waals surface area contributed by atoms with E-state index in [9.17, 15) is 9.18 Å². The van der Waals surface area contributed by atoms with Gasteiger partial charge in [0, 0.05) is 6.42 Å². The van der Waals surface area contributed by atoms with Crippen molar-refractivity contribution < 1.29 is 14.3 Å². The molecule has 1 fully saturated rings. The molecule has 2 atom stereocenters. The number of carbonyl (C=O) groups is 1. The summed E-state index contributed by atoms with van der Waals surface area (Å²) in [6, 6.07) is 0. The largest absolute Gasteiger partial charge is 0.481 e. The number of carboxylic acid groups (broad SMARTS) is 1. The normalized spacial score (nSPS) is 32.5. The molecule has 0 aromatic carbocycles. The third-order valence-corrected chi connectivity index (χ3v) is 1.94. The van der Waals surface area contributed by atoms with E-state index >= 15 is 0 Å². The van der Waals surface area contributed by atoms with Crippen LogP contribution in [0.25, 0.3) is 0 Å². The molecule has 1 aliphatic carbocycles. The minimum atomic E-state index is -0.806. The second-order valence-electron chi connectivity index (χ2n) is 2.87. The lowest BCUT2D eigenvalue weighted by atomic mass is 10.0. The van der Waals surface area contributed by atoms with E-state index in [1.807, 2.05) is 0 Å². The van der Waals surface area contributed by atoms with Gasteiger partial charge in [0.25, 0.3) is 0 Å². The van der Waals surface area contributed by atoms with E-state index in [-0.39, 0.29) is 12.3 Å². The van der Waals surface area contributed by atoms with Gasteiger partial charge in [-0.25, -0.2) is 4.39 Å². The predicted octanol–water partition coefficient (Wildman–Crippen LogP) is 1.60. The Morgan fingerprint density at radius 3 is 2.70 bits per heavy atom. The fourth-order valence-electron chi connectivity index (χ4n) is 1.45. The van der Waals surface area contributed by atoms with Crippen LogP contribution >= 0.6 is 0 Å². The molecule has 58 valence electrons. The maximum Gasteiger partial charge on any atom is 0.303 e. The summed E-state index contributed by atoms with van der Waals surface area (Å²) < 4.78 is 12.4. The topological polar surface area (TPSA) is 37.3 Å². The van der Waals surface area contributed by atoms with Crippen molar-refractivity contribution in [2.24, 2.45) is 5.92 Å². The van der Waals surface area contributed by atoms with E-state index < -0.39 is 12.1 Å². The molecule has 0 aromatic rings. The van der Waals surface area contributed by atoms with Gasteiger partial charge in [-0.05, 0) is 25.2 Å². The number of halogens is 1. The Balaban J connectivity index is 2.24. The smallest absolute Gasteiger partial charge is 0.303 e. The van der Waals surface area contributed by atoms with Gasteiger partial charge in [0.05, 0.1) is 0 Å². The van der Waals surface area contributed by atoms with Gasteiger partial charge in [0.2, 0.25) is 0 Å². The summed E-state index contributed by atoms with van der Waals surface area (Å²) in [6.07, 6.45) is 1.14. The molecule has 0 radical (unpaired) electrons. The van der Waals surface area contributed by atoms with Crippen molar-refractivity contribution in [1.82, 2.24) is 0 Å². The van der Waals surface area contributed by atoms with E-state index in [2.05, 4.69) is 0 Å². The third-order valence-electron chi connectivity index (χ3n) is 1.94. The van der Waals surface area contributed by atoms with Crippen LogP contribution in [0.5, 0.6) is 0 Å². The van der Waals surface area contributed by atoms with Crippen molar-refractivity contribution in [1.29, 1.82) is 0 Å². The summed E-state index contributed by atoms with van der Waals surface area (Å²) in [4.78, 5) is 10.1. The maximum absolute atomic E-state index is 12.4. The molecular formula is C7H11FO2. The second-order valence-corrected chi connectivity index (χ2v) is 2.87. The van der Waals surface area contributed by atoms with Crippen LogP contribution in [-0.4, -0.2) is 17.2 Å². The lowest BCUT2D eigenvalue weighted by molar-refractivity contribution is -0.138. The van der Waals surface area contributed by atoms with E-state index in [0.29, 0.717) is 12.8 Å². The number of alkyl halides is 1. The van der Waals surface area contributed by atoms with Crippen LogP contribution in [-0.2, 0) is 4.79 Å². The quantitative estimate of drug-likeness (QED) is 0.642. The molecule has 3 heteroatoms. The van der Waals surface area contributed by atoms with E-state index in [4.69, 9.17) is 5.11 Å². The summed E-state index contributed by atoms with van der Waals surface area (Å²) in [5.41, 5.74) is 0. The predicted molar refractivity (Wildman–Crippen MR) is 34.5 cm³/mol. The summed E-state index contributed by atoms with van der Waals surface area (Å²) in [6.45, 7) is 0. The minimum absolute atomic E-state index is 0.0903. The van der Waals surface area contributed by atoms with Crippen LogP contribution in [0, 0.1) is 5.92 Å². The monoisotopic (exact) mass is 146 g/mol. The summed E-state index contributed by atoms with van der Waals surface area (Å²) in [5.74, 6) is -0.716. The molecule has 0 aromatic heterocycles. The van der Waals surface area contributed by atoms with Crippen LogP contribution in [0.15, 0.2) is 0 Å². The third kappa shape index (κ3) is 1.97. The molecule has 0 amide bonds. The highest BCUT2D eigenvalue weighted by Crippen LogP contribution is 2.29. The molecule has 1 saturated carbocycles. The molecule has 0 bridgehead atoms. The number of carboxylic acids is 1. The van der Waals surface area contributed by atoms with Crippen LogP contribution in [0.1, 0.15) is 25.7 Å². The fourth-order valence-corrected chi connectivity index (χ4v) is 1.45. The van der Waals surface area contributed by atoms with E-state index in [1.165, 1.54) is 0 Å². The minimum Gasteiger partial charge on any atom is -0.481 e. The highest BCUT2D eigenvalue weighted by molar-refractivity contribution is 5.67. The Morgan fingerprint density at radius 1 is 1.60 bits per heavy atom. The van der Waals surface area contributed by atoms with Crippen LogP contribution in [0.2, 0.25) is 0 Å². The number of aliphatic carboxylic acids is 1. The molecule has 2 nitrogen and oxygen atoms in total. The average Bonchev–Trinajstić information content (AvgIpc) is 2.13. The molecule has 1 N–H and O–H groups in total. The number of rotatable bonds is 2. The Bertz CT molecular complexity index is 136. The van der Waals surface area contributed by atoms with E-state index in [0.717, 1.165) is 6.42 Å². The van der Waals surface area contributed by atoms with Crippen molar-refractivity contribution in [2.45, 2.75) is 31.9 Å². The molecule has 0 unspecified atom stereocenters. The Kier molecular flexibility index (Phi) is 2.25. The Hall–Kier alpha value is -0.600. The zero-order chi connectivity index (χ0) is 7.56. The van der Waals surface area contributed by atoms with Crippen molar-refractivity contribution in [2.75, 3.05) is 0 Å². The first-order valence-corrected chi connectivity index (χ1v) is 3.54. The molecule has 0 saturated heterocycles. The molecule has 1 aliphatic rings. The van der Waals surface area contributed by atoms with Crippen molar-refractivity contribution >= 4 is 5.97 Å². The van der Waals surface area contributed by atoms with Gasteiger partial charge >= 0.3 is 5.97 Å². The maximum atomic E-state index is 12.4. The molecule has 10 heavy (non-hydrogen) atoms. The van der Waals surface area contributed by atoms with Crippen LogP contribution < -0.4 is 0 Å². The Morgan fingerprint density at radius 2 is 2.30 bits per heavy atom. The molecule has 0 spiro atoms. The molecule has 1 rings (SSSR count). The number of hydrogen-bond donors (Lipinski definition) is 1. The lowest BCUT2D eigenvalue weighted by Gasteiger charge is -2.02. The summed E-state index contributed by atoms with van der Waals surface area (Å²) >= 11 is 0. The van der Waals surface area contributed by atoms with Crippen molar-refractivity contribution in [3.63, 3.8) is 0 Å². The first-order chi connectivity index (χ1) is 4.68. The van der Waals surface area contributed by atoms with Crippen molar-refractivity contribution in [3.8, 4) is 0 Å². The standard InChI is InChI=1S/C7H11FO2/c8-6-2-1-5(3-6)4-7(9)10/h5-6H,1-4H2,(H,9,10)/t5-,6-/m0/s1. The molecule has 0 heterocycles. The first-order valence-electron chi connectivity index (χ1n) is 3.54. The zero-order valence-electron chi connectivity index (χ0n) is 5.72. The highest BCUT2D eigenvalue weighted by atomic mass is 19.1. The van der Waals surface area contributed by atoms with Crippen LogP contribution in [0.4, 0.5) is 4.39 Å². The van der Waals surface area contributed by atoms with Crippen molar-refractivity contribution in [3.05, 3.63) is 0 Å². The molecule has 0 aliphatic heterocycles. The Labute approximate surface area is 59.0 Å². The van der Waals surface area contributed by atoms with Gasteiger partial charge in [-0.1, -0.05) is 0 Å². The van der Waals surface area contributed by atoms with Gasteiger partial charge in [-0.2, -0.15) is 0 Å². The highest BCUT2D eigenvalue weighted by Gasteiger charge is 2.25. The zero-order valence-corrected chi connectivity index (χ0v) is 5.72. The summed E-state index contributed by atoms with van der Waals surface area (Å²) in [7, 11) is 0.